The van der Waals surface area contributed by atoms with E-state index in [9.17, 15) is 0 Å². The first kappa shape index (κ1) is 44.0. The van der Waals surface area contributed by atoms with Gasteiger partial charge in [-0.2, -0.15) is 0 Å². The van der Waals surface area contributed by atoms with Crippen LogP contribution in [-0.4, -0.2) is 6.04 Å². The highest BCUT2D eigenvalue weighted by Crippen LogP contribution is 2.51. The predicted octanol–water partition coefficient (Wildman–Crippen LogP) is 18.0. The number of anilines is 5. The SMILES string of the molecule is Cc1cc(N(c2ccc3c(c2)C(C)(C)CCC3(C)C)c2ccc(C(C)(C)C)cc2-c2ccccc2)cc(N(c2csc3ccc(C(C)(C)C)cc23)C2CC=C(C(C)(C)C)CC2)c1. The van der Waals surface area contributed by atoms with Gasteiger partial charge in [-0.1, -0.05) is 150 Å². The maximum Gasteiger partial charge on any atom is 0.0602 e. The lowest BCUT2D eigenvalue weighted by molar-refractivity contribution is 0.332. The predicted molar refractivity (Wildman–Crippen MR) is 273 cm³/mol. The van der Waals surface area contributed by atoms with Crippen LogP contribution in [0.25, 0.3) is 21.2 Å². The third-order valence-electron chi connectivity index (χ3n) is 14.3. The minimum Gasteiger partial charge on any atom is -0.337 e. The van der Waals surface area contributed by atoms with Gasteiger partial charge in [0.1, 0.15) is 0 Å². The number of thiophene rings is 1. The van der Waals surface area contributed by atoms with Gasteiger partial charge in [0, 0.05) is 44.1 Å². The molecule has 2 aliphatic rings. The highest BCUT2D eigenvalue weighted by atomic mass is 32.1. The fraction of sp³-hybridized carbons (Fsp3) is 0.424. The molecule has 0 saturated heterocycles. The second kappa shape index (κ2) is 15.9. The van der Waals surface area contributed by atoms with Crippen LogP contribution in [0.4, 0.5) is 28.4 Å². The molecule has 0 aliphatic heterocycles. The van der Waals surface area contributed by atoms with Crippen molar-refractivity contribution >= 4 is 49.9 Å². The average Bonchev–Trinajstić information content (AvgIpc) is 3.62. The molecule has 2 aliphatic carbocycles. The van der Waals surface area contributed by atoms with E-state index in [1.807, 2.05) is 11.3 Å². The normalized spacial score (nSPS) is 17.7. The van der Waals surface area contributed by atoms with Crippen LogP contribution in [0.15, 0.2) is 120 Å². The van der Waals surface area contributed by atoms with Gasteiger partial charge in [0.2, 0.25) is 0 Å². The van der Waals surface area contributed by atoms with Crippen molar-refractivity contribution in [2.75, 3.05) is 9.80 Å². The molecule has 62 heavy (non-hydrogen) atoms. The number of fused-ring (bicyclic) bond motifs is 2. The minimum absolute atomic E-state index is 0.00276. The summed E-state index contributed by atoms with van der Waals surface area (Å²) in [6.45, 7) is 33.2. The Balaban J connectivity index is 1.39. The van der Waals surface area contributed by atoms with Crippen LogP contribution in [0.3, 0.4) is 0 Å². The van der Waals surface area contributed by atoms with Crippen LogP contribution < -0.4 is 9.80 Å². The minimum atomic E-state index is 0.00276. The monoisotopic (exact) mass is 841 g/mol. The zero-order valence-corrected chi connectivity index (χ0v) is 41.2. The molecule has 5 aromatic carbocycles. The third kappa shape index (κ3) is 8.56. The summed E-state index contributed by atoms with van der Waals surface area (Å²) in [7, 11) is 0. The Morgan fingerprint density at radius 3 is 1.89 bits per heavy atom. The topological polar surface area (TPSA) is 6.48 Å². The fourth-order valence-electron chi connectivity index (χ4n) is 10.2. The number of nitrogens with zero attached hydrogens (tertiary/aromatic N) is 2. The largest absolute Gasteiger partial charge is 0.337 e. The van der Waals surface area contributed by atoms with E-state index >= 15 is 0 Å². The summed E-state index contributed by atoms with van der Waals surface area (Å²) in [6, 6.07) is 40.6. The van der Waals surface area contributed by atoms with Gasteiger partial charge in [0.25, 0.3) is 0 Å². The van der Waals surface area contributed by atoms with Crippen LogP contribution in [0.2, 0.25) is 0 Å². The summed E-state index contributed by atoms with van der Waals surface area (Å²) in [5.41, 5.74) is 17.6. The molecule has 1 aromatic heterocycles. The van der Waals surface area contributed by atoms with Gasteiger partial charge in [-0.05, 0) is 154 Å². The van der Waals surface area contributed by atoms with Gasteiger partial charge in [-0.3, -0.25) is 0 Å². The van der Waals surface area contributed by atoms with E-state index in [-0.39, 0.29) is 27.1 Å². The van der Waals surface area contributed by atoms with Gasteiger partial charge in [0.05, 0.1) is 11.4 Å². The summed E-state index contributed by atoms with van der Waals surface area (Å²) < 4.78 is 1.35. The van der Waals surface area contributed by atoms with E-state index in [0.29, 0.717) is 6.04 Å². The maximum atomic E-state index is 2.73. The van der Waals surface area contributed by atoms with Gasteiger partial charge >= 0.3 is 0 Å². The highest BCUT2D eigenvalue weighted by molar-refractivity contribution is 7.17. The first-order valence-corrected chi connectivity index (χ1v) is 24.2. The lowest BCUT2D eigenvalue weighted by Gasteiger charge is -2.42. The Hall–Kier alpha value is -4.60. The molecule has 0 spiro atoms. The third-order valence-corrected chi connectivity index (χ3v) is 15.2. The van der Waals surface area contributed by atoms with Crippen LogP contribution in [0.1, 0.15) is 150 Å². The summed E-state index contributed by atoms with van der Waals surface area (Å²) in [6.07, 6.45) is 8.20. The smallest absolute Gasteiger partial charge is 0.0602 e. The molecule has 1 unspecified atom stereocenters. The van der Waals surface area contributed by atoms with Crippen molar-refractivity contribution in [1.29, 1.82) is 0 Å². The van der Waals surface area contributed by atoms with Crippen molar-refractivity contribution in [2.45, 2.75) is 157 Å². The molecule has 6 aromatic rings. The Morgan fingerprint density at radius 2 is 1.24 bits per heavy atom. The molecule has 0 amide bonds. The molecular formula is C59H72N2S. The molecule has 324 valence electrons. The Morgan fingerprint density at radius 1 is 0.597 bits per heavy atom. The zero-order chi connectivity index (χ0) is 44.6. The van der Waals surface area contributed by atoms with Crippen LogP contribution in [-0.2, 0) is 21.7 Å². The first-order chi connectivity index (χ1) is 29.0. The molecule has 8 rings (SSSR count). The molecule has 0 saturated carbocycles. The van der Waals surface area contributed by atoms with E-state index in [1.54, 1.807) is 5.57 Å². The average molecular weight is 841 g/mol. The molecule has 0 fully saturated rings. The van der Waals surface area contributed by atoms with Crippen LogP contribution in [0, 0.1) is 12.3 Å². The van der Waals surface area contributed by atoms with Crippen LogP contribution in [0.5, 0.6) is 0 Å². The van der Waals surface area contributed by atoms with Crippen molar-refractivity contribution in [2.24, 2.45) is 5.41 Å². The molecule has 3 heteroatoms. The van der Waals surface area contributed by atoms with E-state index in [1.165, 1.54) is 90.3 Å². The van der Waals surface area contributed by atoms with Crippen molar-refractivity contribution in [3.63, 3.8) is 0 Å². The summed E-state index contributed by atoms with van der Waals surface area (Å²) in [5.74, 6) is 0. The van der Waals surface area contributed by atoms with Gasteiger partial charge in [-0.15, -0.1) is 11.3 Å². The molecule has 0 N–H and O–H groups in total. The van der Waals surface area contributed by atoms with Gasteiger partial charge < -0.3 is 9.80 Å². The standard InChI is InChI=1S/C59H72N2S/c1-39-32-46(60(44-24-20-41(21-25-44)55(2,3)4)53-38-62-54-29-23-43(35-49(53)54)57(8,9)10)36-47(33-39)61(45-26-27-50-51(37-45)59(13,14)31-30-58(50,11)12)52-28-22-42(56(5,6)7)34-48(52)40-18-16-15-17-19-40/h15-20,22-23,26-29,32-38,44H,21,24-25,30-31H2,1-14H3. The zero-order valence-electron chi connectivity index (χ0n) is 40.4. The summed E-state index contributed by atoms with van der Waals surface area (Å²) in [4.78, 5) is 5.32. The molecule has 1 atom stereocenters. The molecular weight excluding hydrogens is 769 g/mol. The van der Waals surface area contributed by atoms with Crippen molar-refractivity contribution in [3.8, 4) is 11.1 Å². The van der Waals surface area contributed by atoms with Gasteiger partial charge in [0.15, 0.2) is 0 Å². The van der Waals surface area contributed by atoms with Crippen molar-refractivity contribution in [3.05, 3.63) is 148 Å². The van der Waals surface area contributed by atoms with Crippen LogP contribution >= 0.6 is 11.3 Å². The van der Waals surface area contributed by atoms with Gasteiger partial charge in [-0.25, -0.2) is 0 Å². The van der Waals surface area contributed by atoms with Crippen molar-refractivity contribution < 1.29 is 0 Å². The lowest BCUT2D eigenvalue weighted by Crippen LogP contribution is -2.34. The maximum absolute atomic E-state index is 2.73. The summed E-state index contributed by atoms with van der Waals surface area (Å²) >= 11 is 1.88. The Labute approximate surface area is 379 Å². The van der Waals surface area contributed by atoms with E-state index < -0.39 is 0 Å². The number of hydrogen-bond donors (Lipinski definition) is 0. The lowest BCUT2D eigenvalue weighted by atomic mass is 9.63. The van der Waals surface area contributed by atoms with Crippen molar-refractivity contribution in [1.82, 2.24) is 0 Å². The summed E-state index contributed by atoms with van der Waals surface area (Å²) in [5, 5.41) is 3.79. The van der Waals surface area contributed by atoms with E-state index in [4.69, 9.17) is 0 Å². The first-order valence-electron chi connectivity index (χ1n) is 23.3. The number of hydrogen-bond acceptors (Lipinski definition) is 3. The molecule has 0 radical (unpaired) electrons. The second-order valence-corrected chi connectivity index (χ2v) is 24.0. The Bertz CT molecular complexity index is 2630. The fourth-order valence-corrected chi connectivity index (χ4v) is 11.1. The number of rotatable bonds is 7. The second-order valence-electron chi connectivity index (χ2n) is 23.1. The highest BCUT2D eigenvalue weighted by Gasteiger charge is 2.38. The number of benzene rings is 5. The number of aryl methyl sites for hydroxylation is 1. The molecule has 1 heterocycles. The van der Waals surface area contributed by atoms with E-state index in [0.717, 1.165) is 19.3 Å². The number of allylic oxidation sites excluding steroid dienone is 1. The van der Waals surface area contributed by atoms with E-state index in [2.05, 4.69) is 221 Å². The molecule has 2 nitrogen and oxygen atoms in total. The quantitative estimate of drug-likeness (QED) is 0.148. The molecule has 0 bridgehead atoms. The Kier molecular flexibility index (Phi) is 11.3.